The molecule has 4 aromatic rings. The summed E-state index contributed by atoms with van der Waals surface area (Å²) in [6, 6.07) is 12.3. The number of carbonyl (C=O) groups excluding carboxylic acids is 1. The van der Waals surface area contributed by atoms with Crippen LogP contribution in [0.15, 0.2) is 66.0 Å². The summed E-state index contributed by atoms with van der Waals surface area (Å²) < 4.78 is 35.1. The van der Waals surface area contributed by atoms with Gasteiger partial charge in [-0.05, 0) is 37.1 Å². The van der Waals surface area contributed by atoms with Crippen molar-refractivity contribution in [2.75, 3.05) is 5.32 Å². The Morgan fingerprint density at radius 1 is 1.10 bits per heavy atom. The van der Waals surface area contributed by atoms with Crippen molar-refractivity contribution in [3.63, 3.8) is 0 Å². The number of aromatic nitrogens is 5. The second kappa shape index (κ2) is 12.6. The fraction of sp³-hybridized carbons (Fsp3) is 0.286. The van der Waals surface area contributed by atoms with Crippen LogP contribution in [0.2, 0.25) is 5.02 Å². The Hall–Kier alpha value is -4.52. The van der Waals surface area contributed by atoms with E-state index in [1.165, 1.54) is 6.07 Å². The molecule has 14 heteroatoms. The molecule has 0 radical (unpaired) electrons. The van der Waals surface area contributed by atoms with E-state index >= 15 is 0 Å². The molecule has 1 aliphatic heterocycles. The summed E-state index contributed by atoms with van der Waals surface area (Å²) in [6.45, 7) is 1.91. The van der Waals surface area contributed by atoms with Crippen LogP contribution in [0.4, 0.5) is 18.9 Å². The standard InChI is InChI=1S/C26H25ClN6O2.C2HF3O2/c1-16-5-3-8-23(33-15-29-20(13-24(33)34)17-6-4-7-19(27)11-17)21-12-18(9-10-28-21)25-22(31-26(16)35)14-30-32(25)2;3-2(4,5)1(6)7/h4,6-7,9-16,23H,3,5,8H2,1-2H3,(H,31,35);(H,6,7)/t16-,23+;/m1./s1. The molecule has 4 heterocycles. The predicted molar refractivity (Wildman–Crippen MR) is 149 cm³/mol. The smallest absolute Gasteiger partial charge is 0.475 e. The van der Waals surface area contributed by atoms with Gasteiger partial charge in [0.25, 0.3) is 5.56 Å². The van der Waals surface area contributed by atoms with Gasteiger partial charge < -0.3 is 10.4 Å². The van der Waals surface area contributed by atoms with Crippen molar-refractivity contribution in [2.24, 2.45) is 13.0 Å². The maximum Gasteiger partial charge on any atom is 0.490 e. The second-order valence-corrected chi connectivity index (χ2v) is 10.1. The third kappa shape index (κ3) is 7.03. The Kier molecular flexibility index (Phi) is 9.10. The fourth-order valence-electron chi connectivity index (χ4n) is 4.53. The number of nitrogens with one attached hydrogen (secondary N) is 1. The van der Waals surface area contributed by atoms with Crippen molar-refractivity contribution in [2.45, 2.75) is 38.4 Å². The number of aryl methyl sites for hydroxylation is 1. The van der Waals surface area contributed by atoms with E-state index in [1.807, 2.05) is 38.2 Å². The number of carboxylic acids is 1. The number of alkyl halides is 3. The van der Waals surface area contributed by atoms with Gasteiger partial charge in [0.2, 0.25) is 5.91 Å². The quantitative estimate of drug-likeness (QED) is 0.316. The number of pyridine rings is 1. The Bertz CT molecular complexity index is 1670. The number of carbonyl (C=O) groups is 2. The zero-order valence-electron chi connectivity index (χ0n) is 22.5. The SMILES string of the molecule is C[C@@H]1CCC[C@H](n2cnc(-c3cccc(Cl)c3)cc2=O)c2cc(ccn2)-c2c(cnn2C)NC1=O.O=C(O)C(F)(F)F. The van der Waals surface area contributed by atoms with Crippen molar-refractivity contribution in [1.29, 1.82) is 0 Å². The zero-order chi connectivity index (χ0) is 30.6. The first kappa shape index (κ1) is 30.4. The van der Waals surface area contributed by atoms with Crippen LogP contribution < -0.4 is 10.9 Å². The summed E-state index contributed by atoms with van der Waals surface area (Å²) >= 11 is 6.12. The first-order valence-electron chi connectivity index (χ1n) is 12.8. The molecule has 10 nitrogen and oxygen atoms in total. The van der Waals surface area contributed by atoms with Gasteiger partial charge in [-0.2, -0.15) is 18.3 Å². The number of halogens is 4. The van der Waals surface area contributed by atoms with Crippen molar-refractivity contribution < 1.29 is 27.9 Å². The molecule has 5 rings (SSSR count). The molecule has 42 heavy (non-hydrogen) atoms. The minimum Gasteiger partial charge on any atom is -0.475 e. The molecular formula is C28H26ClF3N6O4. The third-order valence-corrected chi connectivity index (χ3v) is 6.92. The Labute approximate surface area is 242 Å². The molecule has 0 aliphatic carbocycles. The number of nitrogens with zero attached hydrogens (tertiary/aromatic N) is 5. The molecule has 2 atom stereocenters. The average Bonchev–Trinajstić information content (AvgIpc) is 3.30. The number of anilines is 1. The predicted octanol–water partition coefficient (Wildman–Crippen LogP) is 5.34. The summed E-state index contributed by atoms with van der Waals surface area (Å²) in [7, 11) is 1.83. The summed E-state index contributed by atoms with van der Waals surface area (Å²) in [4.78, 5) is 44.2. The molecule has 2 bridgehead atoms. The number of carboxylic acid groups (broad SMARTS) is 1. The number of hydrogen-bond acceptors (Lipinski definition) is 6. The zero-order valence-corrected chi connectivity index (χ0v) is 23.2. The van der Waals surface area contributed by atoms with Gasteiger partial charge in [-0.3, -0.25) is 23.8 Å². The molecule has 220 valence electrons. The molecule has 0 fully saturated rings. The molecule has 0 spiro atoms. The molecule has 2 N–H and O–H groups in total. The Morgan fingerprint density at radius 2 is 1.83 bits per heavy atom. The molecule has 0 saturated carbocycles. The molecule has 1 amide bonds. The van der Waals surface area contributed by atoms with Crippen molar-refractivity contribution >= 4 is 29.2 Å². The van der Waals surface area contributed by atoms with E-state index in [0.29, 0.717) is 29.2 Å². The molecule has 0 unspecified atom stereocenters. The topological polar surface area (TPSA) is 132 Å². The summed E-state index contributed by atoms with van der Waals surface area (Å²) in [6.07, 6.45) is 1.95. The minimum absolute atomic E-state index is 0.0460. The fourth-order valence-corrected chi connectivity index (χ4v) is 4.72. The normalized spacial score (nSPS) is 17.0. The van der Waals surface area contributed by atoms with Crippen LogP contribution in [-0.4, -0.2) is 47.5 Å². The molecule has 1 aromatic carbocycles. The van der Waals surface area contributed by atoms with Gasteiger partial charge in [-0.1, -0.05) is 37.1 Å². The van der Waals surface area contributed by atoms with Gasteiger partial charge in [0.15, 0.2) is 0 Å². The lowest BCUT2D eigenvalue weighted by Gasteiger charge is -2.22. The molecule has 0 saturated heterocycles. The highest BCUT2D eigenvalue weighted by Gasteiger charge is 2.38. The van der Waals surface area contributed by atoms with E-state index in [-0.39, 0.29) is 23.4 Å². The summed E-state index contributed by atoms with van der Waals surface area (Å²) in [5, 5.41) is 15.1. The van der Waals surface area contributed by atoms with E-state index < -0.39 is 12.1 Å². The molecule has 3 aromatic heterocycles. The van der Waals surface area contributed by atoms with Crippen molar-refractivity contribution in [3.05, 3.63) is 82.3 Å². The Morgan fingerprint density at radius 3 is 2.50 bits per heavy atom. The van der Waals surface area contributed by atoms with E-state index in [0.717, 1.165) is 28.9 Å². The van der Waals surface area contributed by atoms with E-state index in [2.05, 4.69) is 20.4 Å². The van der Waals surface area contributed by atoms with Gasteiger partial charge in [0.1, 0.15) is 0 Å². The second-order valence-electron chi connectivity index (χ2n) is 9.67. The molecular weight excluding hydrogens is 577 g/mol. The van der Waals surface area contributed by atoms with E-state index in [9.17, 15) is 22.8 Å². The summed E-state index contributed by atoms with van der Waals surface area (Å²) in [5.41, 5.74) is 4.23. The van der Waals surface area contributed by atoms with Crippen molar-refractivity contribution in [3.8, 4) is 22.5 Å². The van der Waals surface area contributed by atoms with Crippen LogP contribution in [0.5, 0.6) is 0 Å². The highest BCUT2D eigenvalue weighted by atomic mass is 35.5. The lowest BCUT2D eigenvalue weighted by atomic mass is 9.97. The van der Waals surface area contributed by atoms with Crippen LogP contribution in [0, 0.1) is 5.92 Å². The van der Waals surface area contributed by atoms with Crippen LogP contribution in [0.25, 0.3) is 22.5 Å². The Balaban J connectivity index is 0.000000517. The number of aliphatic carboxylic acids is 1. The first-order valence-corrected chi connectivity index (χ1v) is 13.2. The van der Waals surface area contributed by atoms with Crippen LogP contribution in [-0.2, 0) is 16.6 Å². The van der Waals surface area contributed by atoms with Gasteiger partial charge in [-0.25, -0.2) is 9.78 Å². The van der Waals surface area contributed by atoms with Gasteiger partial charge in [0, 0.05) is 41.4 Å². The molecule has 1 aliphatic rings. The lowest BCUT2D eigenvalue weighted by Crippen LogP contribution is -2.27. The van der Waals surface area contributed by atoms with Gasteiger partial charge >= 0.3 is 12.1 Å². The number of rotatable bonds is 2. The number of hydrogen-bond donors (Lipinski definition) is 2. The highest BCUT2D eigenvalue weighted by Crippen LogP contribution is 2.32. The summed E-state index contributed by atoms with van der Waals surface area (Å²) in [5.74, 6) is -2.99. The van der Waals surface area contributed by atoms with Gasteiger partial charge in [0.05, 0.1) is 41.3 Å². The monoisotopic (exact) mass is 602 g/mol. The number of amides is 1. The van der Waals surface area contributed by atoms with Crippen molar-refractivity contribution in [1.82, 2.24) is 24.3 Å². The number of fused-ring (bicyclic) bond motifs is 4. The minimum atomic E-state index is -5.08. The van der Waals surface area contributed by atoms with E-state index in [1.54, 1.807) is 40.1 Å². The highest BCUT2D eigenvalue weighted by molar-refractivity contribution is 6.30. The van der Waals surface area contributed by atoms with Crippen LogP contribution in [0.1, 0.15) is 37.9 Å². The first-order chi connectivity index (χ1) is 19.8. The average molecular weight is 603 g/mol. The number of benzene rings is 1. The third-order valence-electron chi connectivity index (χ3n) is 6.69. The maximum atomic E-state index is 13.3. The van der Waals surface area contributed by atoms with Gasteiger partial charge in [-0.15, -0.1) is 0 Å². The largest absolute Gasteiger partial charge is 0.490 e. The van der Waals surface area contributed by atoms with Crippen LogP contribution >= 0.6 is 11.6 Å². The lowest BCUT2D eigenvalue weighted by molar-refractivity contribution is -0.192. The van der Waals surface area contributed by atoms with E-state index in [4.69, 9.17) is 21.5 Å². The maximum absolute atomic E-state index is 13.3. The van der Waals surface area contributed by atoms with Crippen LogP contribution in [0.3, 0.4) is 0 Å².